The molecule has 28 nitrogen and oxygen atoms in total. The van der Waals surface area contributed by atoms with E-state index in [0.29, 0.717) is 134 Å². The lowest BCUT2D eigenvalue weighted by Gasteiger charge is -2.37. The van der Waals surface area contributed by atoms with E-state index in [1.54, 1.807) is 73.3 Å². The van der Waals surface area contributed by atoms with E-state index in [4.69, 9.17) is 51.4 Å². The number of hydrogen-bond acceptors (Lipinski definition) is 20. The molecule has 4 fully saturated rings. The van der Waals surface area contributed by atoms with Crippen molar-refractivity contribution in [3.05, 3.63) is 142 Å². The highest BCUT2D eigenvalue weighted by molar-refractivity contribution is 6.32. The zero-order valence-corrected chi connectivity index (χ0v) is 66.0. The number of carbonyl (C=O) groups is 4. The zero-order chi connectivity index (χ0) is 84.8. The molecule has 4 amide bonds. The summed E-state index contributed by atoms with van der Waals surface area (Å²) in [6.45, 7) is 1.19. The van der Waals surface area contributed by atoms with Gasteiger partial charge >= 0.3 is 18.5 Å². The van der Waals surface area contributed by atoms with Crippen LogP contribution in [-0.2, 0) is 19.2 Å². The minimum Gasteiger partial charge on any atom is -0.355 e. The molecule has 12 aromatic rings. The number of H-pyrrole nitrogens is 4. The number of nitrogens with zero attached hydrogens (tertiary/aromatic N) is 14. The Morgan fingerprint density at radius 2 is 0.824 bits per heavy atom. The van der Waals surface area contributed by atoms with Gasteiger partial charge in [0.1, 0.15) is 76.5 Å². The fourth-order valence-corrected chi connectivity index (χ4v) is 15.4. The van der Waals surface area contributed by atoms with Crippen LogP contribution in [0.25, 0.3) is 89.7 Å². The highest BCUT2D eigenvalue weighted by Crippen LogP contribution is 2.40. The molecular weight excluding hydrogens is 1660 g/mol. The minimum absolute atomic E-state index is 0.0493. The van der Waals surface area contributed by atoms with Crippen molar-refractivity contribution in [1.82, 2.24) is 101 Å². The van der Waals surface area contributed by atoms with E-state index < -0.39 is 84.1 Å². The van der Waals surface area contributed by atoms with Gasteiger partial charge in [0, 0.05) is 125 Å². The number of halogens is 15. The fourth-order valence-electron chi connectivity index (χ4n) is 14.7. The van der Waals surface area contributed by atoms with Gasteiger partial charge in [0.25, 0.3) is 0 Å². The summed E-state index contributed by atoms with van der Waals surface area (Å²) >= 11 is 24.2. The van der Waals surface area contributed by atoms with Gasteiger partial charge in [0.05, 0.1) is 32.5 Å². The first-order valence-corrected chi connectivity index (χ1v) is 38.9. The molecule has 2 aliphatic heterocycles. The molecule has 43 heteroatoms. The molecule has 10 N–H and O–H groups in total. The summed E-state index contributed by atoms with van der Waals surface area (Å²) in [5.41, 5.74) is 1.04. The Morgan fingerprint density at radius 3 is 1.22 bits per heavy atom. The monoisotopic (exact) mass is 1730 g/mol. The second-order valence-electron chi connectivity index (χ2n) is 28.6. The van der Waals surface area contributed by atoms with E-state index in [-0.39, 0.29) is 60.9 Å². The molecule has 12 aromatic heterocycles. The summed E-state index contributed by atoms with van der Waals surface area (Å²) < 4.78 is 142. The molecule has 0 bridgehead atoms. The molecule has 0 aromatic carbocycles. The standard InChI is InChI=1S/C20H19ClF4N6O.C19H17ClF4N6O.C19H18ClF3N6O.C18H19ClN6O/c21-11-6-12-13(8-27-15(12)26-7-11)16-28-9-14(22)17(30-16)31-19(4-2-1-3-5-19)18(32)29-10-20(23,24)25;20-10-5-11-12(7-26-14(11)25-6-10)15-27-8-13(21)16(29-15)30-18(3-1-2-4-18)17(31)28-9-19(22,23)24;1-18(17(30)27-10-19(21,22)23)4-2-6-29(18)14-3-5-24-16(28-14)13-9-26-15-12(13)7-11(20)8-25-15;1-2-20-18(26)14-4-3-7-25(14)15-5-6-21-17(24-15)13-10-23-16-12(13)8-11(19)9-22-16/h6-9H,1-5,10H2,(H,26,27)(H,29,32)(H,28,30,31);5-8H,1-4,9H2,(H,25,26)(H,28,31)(H,27,29,30);3,5,7-9H,2,4,6,10H2,1H3,(H,25,26)(H,27,30);5-6,8-10,14H,2-4,7H2,1H3,(H,20,26)(H,22,23)/t;;18-;14-/m..01/s1. The van der Waals surface area contributed by atoms with Crippen LogP contribution in [0.2, 0.25) is 20.1 Å². The number of anilines is 4. The molecule has 0 unspecified atom stereocenters. The van der Waals surface area contributed by atoms with Gasteiger partial charge in [0.15, 0.2) is 46.6 Å². The van der Waals surface area contributed by atoms with Gasteiger partial charge in [-0.05, 0) is 102 Å². The van der Waals surface area contributed by atoms with Crippen molar-refractivity contribution in [2.75, 3.05) is 59.7 Å². The number of hydrogen-bond donors (Lipinski definition) is 10. The third-order valence-corrected chi connectivity index (χ3v) is 21.3. The number of pyridine rings is 4. The van der Waals surface area contributed by atoms with E-state index in [9.17, 15) is 67.5 Å². The third kappa shape index (κ3) is 20.0. The van der Waals surface area contributed by atoms with Crippen molar-refractivity contribution in [3.63, 3.8) is 0 Å². The average molecular weight is 1740 g/mol. The quantitative estimate of drug-likeness (QED) is 0.0357. The first kappa shape index (κ1) is 85.4. The number of carbonyl (C=O) groups excluding carboxylic acids is 4. The van der Waals surface area contributed by atoms with Crippen molar-refractivity contribution in [1.29, 1.82) is 0 Å². The Labute approximate surface area is 688 Å². The topological polar surface area (TPSA) is 365 Å². The van der Waals surface area contributed by atoms with Crippen LogP contribution in [0.5, 0.6) is 0 Å². The second kappa shape index (κ2) is 35.6. The lowest BCUT2D eigenvalue weighted by Crippen LogP contribution is -2.55. The Bertz CT molecular complexity index is 5700. The van der Waals surface area contributed by atoms with Crippen LogP contribution in [0.4, 0.5) is 71.6 Å². The summed E-state index contributed by atoms with van der Waals surface area (Å²) in [6.07, 6.45) is 11.5. The maximum Gasteiger partial charge on any atom is 0.405 e. The van der Waals surface area contributed by atoms with Gasteiger partial charge in [-0.25, -0.2) is 68.6 Å². The van der Waals surface area contributed by atoms with Gasteiger partial charge in [-0.1, -0.05) is 78.5 Å². The average Bonchev–Trinajstić information content (AvgIpc) is 1.55. The van der Waals surface area contributed by atoms with Gasteiger partial charge in [0.2, 0.25) is 23.6 Å². The number of nitrogens with one attached hydrogen (secondary N) is 10. The first-order valence-electron chi connectivity index (χ1n) is 37.3. The Morgan fingerprint density at radius 1 is 0.454 bits per heavy atom. The number of fused-ring (bicyclic) bond motifs is 4. The smallest absolute Gasteiger partial charge is 0.355 e. The third-order valence-electron chi connectivity index (χ3n) is 20.4. The predicted molar refractivity (Wildman–Crippen MR) is 424 cm³/mol. The van der Waals surface area contributed by atoms with Crippen LogP contribution in [0.1, 0.15) is 97.3 Å². The Balaban J connectivity index is 0.000000138. The number of alkyl halides is 9. The van der Waals surface area contributed by atoms with E-state index in [1.165, 1.54) is 18.6 Å². The van der Waals surface area contributed by atoms with Crippen molar-refractivity contribution in [2.24, 2.45) is 0 Å². The number of likely N-dealkylation sites (N-methyl/N-ethyl adjacent to an activating group) is 1. The Kier molecular flexibility index (Phi) is 25.6. The molecule has 2 aliphatic carbocycles. The van der Waals surface area contributed by atoms with Crippen LogP contribution in [0.15, 0.2) is 111 Å². The van der Waals surface area contributed by atoms with Crippen LogP contribution in [0.3, 0.4) is 0 Å². The molecule has 16 rings (SSSR count). The predicted octanol–water partition coefficient (Wildman–Crippen LogP) is 15.3. The normalized spacial score (nSPS) is 17.1. The molecule has 0 spiro atoms. The molecule has 626 valence electrons. The molecule has 14 heterocycles. The van der Waals surface area contributed by atoms with E-state index in [0.717, 1.165) is 66.0 Å². The van der Waals surface area contributed by atoms with Crippen LogP contribution in [0, 0.1) is 11.6 Å². The lowest BCUT2D eigenvalue weighted by atomic mass is 9.80. The molecule has 2 saturated carbocycles. The molecule has 2 atom stereocenters. The molecule has 4 aliphatic rings. The number of rotatable bonds is 18. The summed E-state index contributed by atoms with van der Waals surface area (Å²) in [7, 11) is 0. The van der Waals surface area contributed by atoms with Crippen LogP contribution < -0.4 is 41.7 Å². The van der Waals surface area contributed by atoms with E-state index in [2.05, 4.69) is 95.6 Å². The molecule has 119 heavy (non-hydrogen) atoms. The lowest BCUT2D eigenvalue weighted by molar-refractivity contribution is -0.141. The summed E-state index contributed by atoms with van der Waals surface area (Å²) in [5.74, 6) is -1.99. The molecule has 0 radical (unpaired) electrons. The van der Waals surface area contributed by atoms with Crippen molar-refractivity contribution in [2.45, 2.75) is 139 Å². The highest BCUT2D eigenvalue weighted by Gasteiger charge is 2.47. The van der Waals surface area contributed by atoms with Gasteiger partial charge in [-0.3, -0.25) is 19.2 Å². The molecular formula is C76H73Cl4F11N24O4. The zero-order valence-electron chi connectivity index (χ0n) is 63.0. The SMILES string of the molecule is CCNC(=O)[C@H]1CCCN1c1ccnc(-c2c[nH]c3ncc(Cl)cc23)n1.C[C@@]1(C(=O)NCC(F)(F)F)CCCN1c1ccnc(-c2c[nH]c3ncc(Cl)cc23)n1.O=C(NCC(F)(F)F)C1(Nc2nc(-c3c[nH]c4ncc(Cl)cc34)ncc2F)CCCC1.O=C(NCC(F)(F)F)C1(Nc2nc(-c3c[nH]c4ncc(Cl)cc34)ncc2F)CCCCC1. The van der Waals surface area contributed by atoms with Crippen molar-refractivity contribution in [3.8, 4) is 45.6 Å². The number of aromatic nitrogens is 16. The maximum absolute atomic E-state index is 14.6. The minimum atomic E-state index is -4.55. The second-order valence-corrected chi connectivity index (χ2v) is 30.4. The Hall–Kier alpha value is -11.5. The van der Waals surface area contributed by atoms with E-state index >= 15 is 0 Å². The summed E-state index contributed by atoms with van der Waals surface area (Å²) in [5, 5.41) is 18.9. The van der Waals surface area contributed by atoms with Gasteiger partial charge < -0.3 is 61.6 Å². The van der Waals surface area contributed by atoms with Crippen molar-refractivity contribution >= 4 is 137 Å². The van der Waals surface area contributed by atoms with E-state index in [1.807, 2.05) is 41.2 Å². The van der Waals surface area contributed by atoms with Crippen LogP contribution in [-0.4, -0.2) is 184 Å². The number of amides is 4. The van der Waals surface area contributed by atoms with Gasteiger partial charge in [-0.15, -0.1) is 0 Å². The molecule has 2 saturated heterocycles. The van der Waals surface area contributed by atoms with Crippen molar-refractivity contribution < 1.29 is 67.5 Å². The highest BCUT2D eigenvalue weighted by atomic mass is 35.5. The number of aromatic amines is 4. The largest absolute Gasteiger partial charge is 0.405 e. The van der Waals surface area contributed by atoms with Crippen LogP contribution >= 0.6 is 46.4 Å². The first-order chi connectivity index (χ1) is 56.7. The fraction of sp³-hybridized carbons (Fsp3) is 0.368. The maximum atomic E-state index is 14.6. The van der Waals surface area contributed by atoms with Gasteiger partial charge in [-0.2, -0.15) is 39.5 Å². The summed E-state index contributed by atoms with van der Waals surface area (Å²) in [6, 6.07) is 10.2. The summed E-state index contributed by atoms with van der Waals surface area (Å²) in [4.78, 5) is 117.